The Morgan fingerprint density at radius 3 is 2.40 bits per heavy atom. The predicted octanol–water partition coefficient (Wildman–Crippen LogP) is 2.19. The summed E-state index contributed by atoms with van der Waals surface area (Å²) in [6.07, 6.45) is 1.68. The van der Waals surface area contributed by atoms with Crippen LogP contribution in [-0.4, -0.2) is 38.6 Å². The first-order valence-corrected chi connectivity index (χ1v) is 7.22. The van der Waals surface area contributed by atoms with Gasteiger partial charge in [0.15, 0.2) is 0 Å². The lowest BCUT2D eigenvalue weighted by molar-refractivity contribution is 0.199. The van der Waals surface area contributed by atoms with Crippen LogP contribution in [0.15, 0.2) is 12.1 Å². The maximum Gasteiger partial charge on any atom is 0.125 e. The standard InChI is InChI=1S/C16H27NO3/c1-13-10-15(12-17-6-9-19-3)11-14(2)16(13)20-8-5-4-7-18/h10-11,17-18H,4-9,12H2,1-3H3. The number of unbranched alkanes of at least 4 members (excludes halogenated alkanes) is 1. The van der Waals surface area contributed by atoms with E-state index >= 15 is 0 Å². The van der Waals surface area contributed by atoms with Crippen molar-refractivity contribution in [1.82, 2.24) is 5.32 Å². The Morgan fingerprint density at radius 2 is 1.80 bits per heavy atom. The van der Waals surface area contributed by atoms with Crippen LogP contribution in [0.5, 0.6) is 5.75 Å². The Labute approximate surface area is 122 Å². The van der Waals surface area contributed by atoms with Crippen molar-refractivity contribution >= 4 is 0 Å². The van der Waals surface area contributed by atoms with Crippen molar-refractivity contribution in [2.24, 2.45) is 0 Å². The number of aryl methyl sites for hydroxylation is 2. The van der Waals surface area contributed by atoms with E-state index in [1.54, 1.807) is 7.11 Å². The normalized spacial score (nSPS) is 10.8. The van der Waals surface area contributed by atoms with Crippen LogP contribution in [-0.2, 0) is 11.3 Å². The number of aliphatic hydroxyl groups excluding tert-OH is 1. The molecule has 20 heavy (non-hydrogen) atoms. The largest absolute Gasteiger partial charge is 0.493 e. The number of rotatable bonds is 10. The molecule has 0 aliphatic carbocycles. The van der Waals surface area contributed by atoms with E-state index < -0.39 is 0 Å². The first kappa shape index (κ1) is 17.0. The van der Waals surface area contributed by atoms with Crippen LogP contribution in [0.1, 0.15) is 29.5 Å². The van der Waals surface area contributed by atoms with E-state index in [9.17, 15) is 0 Å². The molecule has 1 rings (SSSR count). The van der Waals surface area contributed by atoms with E-state index in [4.69, 9.17) is 14.6 Å². The first-order chi connectivity index (χ1) is 9.69. The van der Waals surface area contributed by atoms with Gasteiger partial charge in [0.25, 0.3) is 0 Å². The molecule has 4 nitrogen and oxygen atoms in total. The molecule has 0 heterocycles. The topological polar surface area (TPSA) is 50.7 Å². The summed E-state index contributed by atoms with van der Waals surface area (Å²) < 4.78 is 10.8. The molecule has 0 saturated heterocycles. The third kappa shape index (κ3) is 5.90. The molecule has 4 heteroatoms. The van der Waals surface area contributed by atoms with Gasteiger partial charge in [-0.2, -0.15) is 0 Å². The SMILES string of the molecule is COCCNCc1cc(C)c(OCCCCO)c(C)c1. The number of methoxy groups -OCH3 is 1. The number of ether oxygens (including phenoxy) is 2. The maximum absolute atomic E-state index is 8.76. The quantitative estimate of drug-likeness (QED) is 0.646. The van der Waals surface area contributed by atoms with E-state index in [0.717, 1.165) is 49.4 Å². The number of hydrogen-bond acceptors (Lipinski definition) is 4. The maximum atomic E-state index is 8.76. The number of aliphatic hydroxyl groups is 1. The minimum atomic E-state index is 0.230. The summed E-state index contributed by atoms with van der Waals surface area (Å²) in [4.78, 5) is 0. The summed E-state index contributed by atoms with van der Waals surface area (Å²) in [5, 5.41) is 12.1. The summed E-state index contributed by atoms with van der Waals surface area (Å²) in [5.74, 6) is 0.976. The van der Waals surface area contributed by atoms with Crippen LogP contribution < -0.4 is 10.1 Å². The molecule has 0 aliphatic rings. The molecular formula is C16H27NO3. The Bertz CT molecular complexity index is 370. The monoisotopic (exact) mass is 281 g/mol. The first-order valence-electron chi connectivity index (χ1n) is 7.22. The second kappa shape index (κ2) is 9.75. The molecule has 1 aromatic rings. The fourth-order valence-corrected chi connectivity index (χ4v) is 2.16. The summed E-state index contributed by atoms with van der Waals surface area (Å²) >= 11 is 0. The van der Waals surface area contributed by atoms with Crippen LogP contribution in [0.25, 0.3) is 0 Å². The summed E-state index contributed by atoms with van der Waals surface area (Å²) in [6.45, 7) is 7.47. The van der Waals surface area contributed by atoms with Crippen LogP contribution in [0.2, 0.25) is 0 Å². The lowest BCUT2D eigenvalue weighted by Crippen LogP contribution is -2.18. The van der Waals surface area contributed by atoms with Crippen molar-refractivity contribution in [2.45, 2.75) is 33.2 Å². The van der Waals surface area contributed by atoms with Crippen LogP contribution in [0.3, 0.4) is 0 Å². The zero-order valence-electron chi connectivity index (χ0n) is 12.9. The number of hydrogen-bond donors (Lipinski definition) is 2. The van der Waals surface area contributed by atoms with Gasteiger partial charge in [0.05, 0.1) is 13.2 Å². The molecule has 0 radical (unpaired) electrons. The van der Waals surface area contributed by atoms with Crippen molar-refractivity contribution in [3.05, 3.63) is 28.8 Å². The number of benzene rings is 1. The van der Waals surface area contributed by atoms with Gasteiger partial charge < -0.3 is 19.9 Å². The Balaban J connectivity index is 2.52. The molecule has 0 saturated carbocycles. The summed E-state index contributed by atoms with van der Waals surface area (Å²) in [5.41, 5.74) is 3.59. The molecule has 0 amide bonds. The van der Waals surface area contributed by atoms with Gasteiger partial charge in [0.1, 0.15) is 5.75 Å². The molecule has 0 aliphatic heterocycles. The van der Waals surface area contributed by atoms with E-state index in [2.05, 4.69) is 31.3 Å². The minimum absolute atomic E-state index is 0.230. The average molecular weight is 281 g/mol. The molecule has 0 atom stereocenters. The highest BCUT2D eigenvalue weighted by molar-refractivity contribution is 5.43. The fourth-order valence-electron chi connectivity index (χ4n) is 2.16. The predicted molar refractivity (Wildman–Crippen MR) is 81.3 cm³/mol. The average Bonchev–Trinajstić information content (AvgIpc) is 2.42. The molecule has 0 bridgehead atoms. The van der Waals surface area contributed by atoms with Gasteiger partial charge in [-0.05, 0) is 43.4 Å². The zero-order valence-corrected chi connectivity index (χ0v) is 12.9. The minimum Gasteiger partial charge on any atom is -0.493 e. The highest BCUT2D eigenvalue weighted by atomic mass is 16.5. The van der Waals surface area contributed by atoms with Crippen molar-refractivity contribution in [3.8, 4) is 5.75 Å². The van der Waals surface area contributed by atoms with Crippen LogP contribution in [0, 0.1) is 13.8 Å². The van der Waals surface area contributed by atoms with Gasteiger partial charge in [-0.1, -0.05) is 12.1 Å². The van der Waals surface area contributed by atoms with Crippen molar-refractivity contribution < 1.29 is 14.6 Å². The van der Waals surface area contributed by atoms with Crippen molar-refractivity contribution in [1.29, 1.82) is 0 Å². The Kier molecular flexibility index (Phi) is 8.26. The molecule has 0 spiro atoms. The highest BCUT2D eigenvalue weighted by Crippen LogP contribution is 2.25. The lowest BCUT2D eigenvalue weighted by Gasteiger charge is -2.14. The third-order valence-corrected chi connectivity index (χ3v) is 3.13. The van der Waals surface area contributed by atoms with Gasteiger partial charge in [0.2, 0.25) is 0 Å². The smallest absolute Gasteiger partial charge is 0.125 e. The third-order valence-electron chi connectivity index (χ3n) is 3.13. The fraction of sp³-hybridized carbons (Fsp3) is 0.625. The van der Waals surface area contributed by atoms with Gasteiger partial charge in [-0.15, -0.1) is 0 Å². The highest BCUT2D eigenvalue weighted by Gasteiger charge is 2.06. The van der Waals surface area contributed by atoms with E-state index in [0.29, 0.717) is 6.61 Å². The van der Waals surface area contributed by atoms with Gasteiger partial charge >= 0.3 is 0 Å². The van der Waals surface area contributed by atoms with E-state index in [1.807, 2.05) is 0 Å². The lowest BCUT2D eigenvalue weighted by atomic mass is 10.1. The molecular weight excluding hydrogens is 254 g/mol. The molecule has 0 aromatic heterocycles. The molecule has 2 N–H and O–H groups in total. The molecule has 0 unspecified atom stereocenters. The van der Waals surface area contributed by atoms with E-state index in [1.165, 1.54) is 5.56 Å². The van der Waals surface area contributed by atoms with Gasteiger partial charge in [0, 0.05) is 26.8 Å². The van der Waals surface area contributed by atoms with E-state index in [-0.39, 0.29) is 6.61 Å². The Hall–Kier alpha value is -1.10. The van der Waals surface area contributed by atoms with Crippen LogP contribution in [0.4, 0.5) is 0 Å². The summed E-state index contributed by atoms with van der Waals surface area (Å²) in [6, 6.07) is 4.32. The Morgan fingerprint density at radius 1 is 1.10 bits per heavy atom. The zero-order chi connectivity index (χ0) is 14.8. The van der Waals surface area contributed by atoms with Gasteiger partial charge in [-0.25, -0.2) is 0 Å². The molecule has 114 valence electrons. The second-order valence-corrected chi connectivity index (χ2v) is 5.01. The molecule has 1 aromatic carbocycles. The summed E-state index contributed by atoms with van der Waals surface area (Å²) in [7, 11) is 1.71. The van der Waals surface area contributed by atoms with Crippen LogP contribution >= 0.6 is 0 Å². The second-order valence-electron chi connectivity index (χ2n) is 5.01. The van der Waals surface area contributed by atoms with Gasteiger partial charge in [-0.3, -0.25) is 0 Å². The number of nitrogens with one attached hydrogen (secondary N) is 1. The van der Waals surface area contributed by atoms with Crippen molar-refractivity contribution in [2.75, 3.05) is 33.5 Å². The molecule has 0 fully saturated rings. The van der Waals surface area contributed by atoms with Crippen molar-refractivity contribution in [3.63, 3.8) is 0 Å².